The van der Waals surface area contributed by atoms with Crippen molar-refractivity contribution in [3.63, 3.8) is 0 Å². The van der Waals surface area contributed by atoms with E-state index in [1.54, 1.807) is 6.92 Å². The molecule has 0 bridgehead atoms. The third kappa shape index (κ3) is 5.39. The summed E-state index contributed by atoms with van der Waals surface area (Å²) in [5.41, 5.74) is 0.925. The largest absolute Gasteiger partial charge is 0.478 e. The number of rotatable bonds is 7. The lowest BCUT2D eigenvalue weighted by atomic mass is 10.0. The molecule has 0 radical (unpaired) electrons. The number of hydrogen-bond donors (Lipinski definition) is 1. The first-order valence-corrected chi connectivity index (χ1v) is 6.83. The van der Waals surface area contributed by atoms with Crippen LogP contribution in [-0.2, 0) is 9.53 Å². The molecule has 0 aliphatic carbocycles. The number of Topliss-reactive ketones (excluding diaryl/α,β-unsaturated/α-hetero) is 1. The van der Waals surface area contributed by atoms with Gasteiger partial charge in [-0.1, -0.05) is 0 Å². The van der Waals surface area contributed by atoms with Crippen molar-refractivity contribution in [2.45, 2.75) is 13.3 Å². The second-order valence-corrected chi connectivity index (χ2v) is 4.48. The Hall–Kier alpha value is -2.14. The zero-order chi connectivity index (χ0) is 15.8. The van der Waals surface area contributed by atoms with E-state index >= 15 is 0 Å². The average Bonchev–Trinajstić information content (AvgIpc) is 2.45. The lowest BCUT2D eigenvalue weighted by Gasteiger charge is -2.06. The van der Waals surface area contributed by atoms with E-state index in [9.17, 15) is 14.4 Å². The molecule has 0 heterocycles. The number of ketones is 1. The minimum atomic E-state index is -1.12. The fourth-order valence-corrected chi connectivity index (χ4v) is 1.81. The van der Waals surface area contributed by atoms with E-state index in [4.69, 9.17) is 21.4 Å². The second kappa shape index (κ2) is 8.21. The van der Waals surface area contributed by atoms with E-state index in [0.717, 1.165) is 6.08 Å². The van der Waals surface area contributed by atoms with Gasteiger partial charge in [-0.2, -0.15) is 0 Å². The predicted molar refractivity (Wildman–Crippen MR) is 78.7 cm³/mol. The SMILES string of the molecule is CCOC(=O)c1cc(/C=C/C(=O)O)cc(C(=O)CCCl)c1. The summed E-state index contributed by atoms with van der Waals surface area (Å²) in [6, 6.07) is 4.40. The first-order chi connectivity index (χ1) is 9.97. The van der Waals surface area contributed by atoms with Crippen LogP contribution in [0.15, 0.2) is 24.3 Å². The number of hydrogen-bond acceptors (Lipinski definition) is 4. The topological polar surface area (TPSA) is 80.7 Å². The summed E-state index contributed by atoms with van der Waals surface area (Å²) in [5.74, 6) is -1.74. The van der Waals surface area contributed by atoms with Gasteiger partial charge in [0, 0.05) is 23.9 Å². The smallest absolute Gasteiger partial charge is 0.338 e. The van der Waals surface area contributed by atoms with E-state index < -0.39 is 11.9 Å². The molecule has 5 nitrogen and oxygen atoms in total. The summed E-state index contributed by atoms with van der Waals surface area (Å²) in [6.07, 6.45) is 2.37. The molecule has 1 aromatic rings. The Bertz CT molecular complexity index is 541. The molecule has 0 unspecified atom stereocenters. The summed E-state index contributed by atoms with van der Waals surface area (Å²) in [4.78, 5) is 34.2. The van der Waals surface area contributed by atoms with Gasteiger partial charge in [0.2, 0.25) is 0 Å². The number of carboxylic acids is 1. The highest BCUT2D eigenvalue weighted by atomic mass is 35.5. The quantitative estimate of drug-likeness (QED) is 0.362. The molecule has 0 spiro atoms. The molecule has 0 aliphatic rings. The fraction of sp³-hybridized carbons (Fsp3) is 0.267. The van der Waals surface area contributed by atoms with Gasteiger partial charge in [0.15, 0.2) is 5.78 Å². The second-order valence-electron chi connectivity index (χ2n) is 4.10. The van der Waals surface area contributed by atoms with Crippen LogP contribution in [-0.4, -0.2) is 35.3 Å². The monoisotopic (exact) mass is 310 g/mol. The molecule has 0 atom stereocenters. The van der Waals surface area contributed by atoms with Crippen molar-refractivity contribution in [1.82, 2.24) is 0 Å². The summed E-state index contributed by atoms with van der Waals surface area (Å²) in [6.45, 7) is 1.88. The maximum Gasteiger partial charge on any atom is 0.338 e. The number of alkyl halides is 1. The number of benzene rings is 1. The minimum absolute atomic E-state index is 0.135. The molecule has 0 aromatic heterocycles. The molecule has 1 rings (SSSR count). The Morgan fingerprint density at radius 3 is 2.48 bits per heavy atom. The molecule has 6 heteroatoms. The van der Waals surface area contributed by atoms with Crippen molar-refractivity contribution in [1.29, 1.82) is 0 Å². The molecule has 112 valence electrons. The van der Waals surface area contributed by atoms with Crippen molar-refractivity contribution < 1.29 is 24.2 Å². The highest BCUT2D eigenvalue weighted by molar-refractivity contribution is 6.19. The zero-order valence-corrected chi connectivity index (χ0v) is 12.2. The van der Waals surface area contributed by atoms with Crippen LogP contribution in [0.2, 0.25) is 0 Å². The predicted octanol–water partition coefficient (Wildman–Crippen LogP) is 2.77. The Balaban J connectivity index is 3.21. The van der Waals surface area contributed by atoms with Gasteiger partial charge >= 0.3 is 11.9 Å². The van der Waals surface area contributed by atoms with Crippen molar-refractivity contribution in [2.75, 3.05) is 12.5 Å². The molecule has 0 amide bonds. The highest BCUT2D eigenvalue weighted by Gasteiger charge is 2.13. The molecule has 0 saturated carbocycles. The summed E-state index contributed by atoms with van der Waals surface area (Å²) in [7, 11) is 0. The first-order valence-electron chi connectivity index (χ1n) is 6.30. The number of carboxylic acid groups (broad SMARTS) is 1. The summed E-state index contributed by atoms with van der Waals surface area (Å²) in [5, 5.41) is 8.64. The van der Waals surface area contributed by atoms with Crippen LogP contribution in [0.5, 0.6) is 0 Å². The number of halogens is 1. The van der Waals surface area contributed by atoms with Gasteiger partial charge in [-0.15, -0.1) is 11.6 Å². The van der Waals surface area contributed by atoms with Crippen molar-refractivity contribution >= 4 is 35.4 Å². The molecular formula is C15H15ClO5. The third-order valence-electron chi connectivity index (χ3n) is 2.53. The minimum Gasteiger partial charge on any atom is -0.478 e. The Labute approximate surface area is 127 Å². The molecule has 1 N–H and O–H groups in total. The molecule has 0 fully saturated rings. The van der Waals surface area contributed by atoms with Crippen LogP contribution in [0.25, 0.3) is 6.08 Å². The van der Waals surface area contributed by atoms with E-state index in [-0.39, 0.29) is 30.3 Å². The maximum atomic E-state index is 11.9. The highest BCUT2D eigenvalue weighted by Crippen LogP contribution is 2.15. The number of aliphatic carboxylic acids is 1. The summed E-state index contributed by atoms with van der Waals surface area (Å²) < 4.78 is 4.89. The van der Waals surface area contributed by atoms with Gasteiger partial charge in [0.05, 0.1) is 12.2 Å². The Morgan fingerprint density at radius 2 is 1.90 bits per heavy atom. The van der Waals surface area contributed by atoms with Crippen LogP contribution >= 0.6 is 11.6 Å². The molecule has 0 saturated heterocycles. The van der Waals surface area contributed by atoms with Crippen LogP contribution in [0.4, 0.5) is 0 Å². The van der Waals surface area contributed by atoms with Gasteiger partial charge in [-0.25, -0.2) is 9.59 Å². The van der Waals surface area contributed by atoms with Gasteiger partial charge in [-0.3, -0.25) is 4.79 Å². The molecule has 0 aliphatic heterocycles. The Morgan fingerprint density at radius 1 is 1.24 bits per heavy atom. The normalized spacial score (nSPS) is 10.6. The van der Waals surface area contributed by atoms with Crippen LogP contribution < -0.4 is 0 Å². The number of carbonyl (C=O) groups excluding carboxylic acids is 2. The van der Waals surface area contributed by atoms with Gasteiger partial charge in [0.1, 0.15) is 0 Å². The number of esters is 1. The van der Waals surface area contributed by atoms with E-state index in [2.05, 4.69) is 0 Å². The van der Waals surface area contributed by atoms with Gasteiger partial charge in [-0.05, 0) is 36.8 Å². The Kier molecular flexibility index (Phi) is 6.62. The lowest BCUT2D eigenvalue weighted by Crippen LogP contribution is -2.08. The van der Waals surface area contributed by atoms with Crippen LogP contribution in [0.1, 0.15) is 39.6 Å². The lowest BCUT2D eigenvalue weighted by molar-refractivity contribution is -0.131. The molecule has 1 aromatic carbocycles. The van der Waals surface area contributed by atoms with E-state index in [1.165, 1.54) is 24.3 Å². The maximum absolute atomic E-state index is 11.9. The van der Waals surface area contributed by atoms with E-state index in [1.807, 2.05) is 0 Å². The number of ether oxygens (including phenoxy) is 1. The standard InChI is InChI=1S/C15H15ClO5/c1-2-21-15(20)12-8-10(3-4-14(18)19)7-11(9-12)13(17)5-6-16/h3-4,7-9H,2,5-6H2,1H3,(H,18,19)/b4-3+. The first kappa shape index (κ1) is 16.9. The van der Waals surface area contributed by atoms with Gasteiger partial charge < -0.3 is 9.84 Å². The van der Waals surface area contributed by atoms with Crippen LogP contribution in [0.3, 0.4) is 0 Å². The van der Waals surface area contributed by atoms with Gasteiger partial charge in [0.25, 0.3) is 0 Å². The molecular weight excluding hydrogens is 296 g/mol. The summed E-state index contributed by atoms with van der Waals surface area (Å²) >= 11 is 5.54. The fourth-order valence-electron chi connectivity index (χ4n) is 1.64. The van der Waals surface area contributed by atoms with E-state index in [0.29, 0.717) is 11.1 Å². The third-order valence-corrected chi connectivity index (χ3v) is 2.72. The number of carbonyl (C=O) groups is 3. The van der Waals surface area contributed by atoms with Crippen molar-refractivity contribution in [3.8, 4) is 0 Å². The zero-order valence-electron chi connectivity index (χ0n) is 11.5. The molecule has 21 heavy (non-hydrogen) atoms. The van der Waals surface area contributed by atoms with Crippen molar-refractivity contribution in [3.05, 3.63) is 41.0 Å². The average molecular weight is 311 g/mol. The van der Waals surface area contributed by atoms with Crippen molar-refractivity contribution in [2.24, 2.45) is 0 Å². The van der Waals surface area contributed by atoms with Crippen LogP contribution in [0, 0.1) is 0 Å².